The summed E-state index contributed by atoms with van der Waals surface area (Å²) in [6, 6.07) is -1.00. The van der Waals surface area contributed by atoms with Gasteiger partial charge in [0.2, 0.25) is 0 Å². The summed E-state index contributed by atoms with van der Waals surface area (Å²) < 4.78 is 14.9. The van der Waals surface area contributed by atoms with E-state index in [-0.39, 0.29) is 18.5 Å². The third kappa shape index (κ3) is 3.41. The normalized spacial score (nSPS) is 22.9. The monoisotopic (exact) mass is 245 g/mol. The lowest BCUT2D eigenvalue weighted by Gasteiger charge is -2.36. The molecule has 0 saturated carbocycles. The molecule has 1 fully saturated rings. The second-order valence-corrected chi connectivity index (χ2v) is 3.78. The number of methoxy groups -OCH3 is 1. The molecule has 1 aliphatic rings. The molecule has 0 radical (unpaired) electrons. The van der Waals surface area contributed by atoms with Crippen LogP contribution in [0.2, 0.25) is 0 Å². The highest BCUT2D eigenvalue weighted by atomic mass is 16.5. The number of nitrogens with zero attached hydrogens (tertiary/aromatic N) is 1. The van der Waals surface area contributed by atoms with Crippen molar-refractivity contribution < 1.29 is 23.8 Å². The van der Waals surface area contributed by atoms with Crippen molar-refractivity contribution in [1.82, 2.24) is 4.90 Å². The van der Waals surface area contributed by atoms with Crippen LogP contribution in [-0.2, 0) is 23.8 Å². The van der Waals surface area contributed by atoms with Crippen molar-refractivity contribution in [3.8, 4) is 0 Å². The Balaban J connectivity index is 2.70. The summed E-state index contributed by atoms with van der Waals surface area (Å²) >= 11 is 0. The number of carbonyl (C=O) groups excluding carboxylic acids is 2. The van der Waals surface area contributed by atoms with Crippen molar-refractivity contribution in [3.05, 3.63) is 0 Å². The first-order chi connectivity index (χ1) is 8.11. The largest absolute Gasteiger partial charge is 0.468 e. The van der Waals surface area contributed by atoms with Gasteiger partial charge in [-0.25, -0.2) is 0 Å². The van der Waals surface area contributed by atoms with Gasteiger partial charge in [-0.2, -0.15) is 0 Å². The fraction of sp³-hybridized carbons (Fsp3) is 0.818. The van der Waals surface area contributed by atoms with E-state index in [1.165, 1.54) is 7.11 Å². The van der Waals surface area contributed by atoms with E-state index in [1.54, 1.807) is 18.7 Å². The van der Waals surface area contributed by atoms with Crippen LogP contribution in [-0.4, -0.2) is 62.4 Å². The predicted molar refractivity (Wildman–Crippen MR) is 59.4 cm³/mol. The quantitative estimate of drug-likeness (QED) is 0.640. The molecule has 0 bridgehead atoms. The zero-order chi connectivity index (χ0) is 12.8. The van der Waals surface area contributed by atoms with E-state index in [9.17, 15) is 9.59 Å². The van der Waals surface area contributed by atoms with Gasteiger partial charge in [-0.05, 0) is 13.8 Å². The summed E-state index contributed by atoms with van der Waals surface area (Å²) in [5.41, 5.74) is 0. The first-order valence-electron chi connectivity index (χ1n) is 5.69. The Morgan fingerprint density at radius 2 is 2.24 bits per heavy atom. The van der Waals surface area contributed by atoms with E-state index in [1.807, 2.05) is 0 Å². The van der Waals surface area contributed by atoms with Gasteiger partial charge in [-0.3, -0.25) is 14.5 Å². The summed E-state index contributed by atoms with van der Waals surface area (Å²) in [5, 5.41) is 0. The molecule has 17 heavy (non-hydrogen) atoms. The molecule has 0 spiro atoms. The Morgan fingerprint density at radius 3 is 2.82 bits per heavy atom. The summed E-state index contributed by atoms with van der Waals surface area (Å²) in [6.07, 6.45) is 0. The van der Waals surface area contributed by atoms with E-state index < -0.39 is 12.1 Å². The van der Waals surface area contributed by atoms with Crippen molar-refractivity contribution in [3.63, 3.8) is 0 Å². The van der Waals surface area contributed by atoms with Crippen molar-refractivity contribution >= 4 is 11.9 Å². The smallest absolute Gasteiger partial charge is 0.325 e. The van der Waals surface area contributed by atoms with Gasteiger partial charge in [0.25, 0.3) is 0 Å². The van der Waals surface area contributed by atoms with Crippen LogP contribution in [0.3, 0.4) is 0 Å². The van der Waals surface area contributed by atoms with E-state index >= 15 is 0 Å². The molecule has 6 heteroatoms. The molecule has 1 saturated heterocycles. The van der Waals surface area contributed by atoms with Gasteiger partial charge >= 0.3 is 11.9 Å². The highest BCUT2D eigenvalue weighted by molar-refractivity contribution is 5.79. The van der Waals surface area contributed by atoms with E-state index in [4.69, 9.17) is 14.2 Å². The number of hydrogen-bond donors (Lipinski definition) is 0. The van der Waals surface area contributed by atoms with Gasteiger partial charge in [0.15, 0.2) is 0 Å². The Bertz CT molecular complexity index is 281. The molecule has 2 unspecified atom stereocenters. The summed E-state index contributed by atoms with van der Waals surface area (Å²) in [6.45, 7) is 5.06. The maximum Gasteiger partial charge on any atom is 0.325 e. The number of rotatable bonds is 4. The molecule has 0 aromatic heterocycles. The van der Waals surface area contributed by atoms with Crippen LogP contribution >= 0.6 is 0 Å². The summed E-state index contributed by atoms with van der Waals surface area (Å²) in [4.78, 5) is 25.0. The lowest BCUT2D eigenvalue weighted by Crippen LogP contribution is -2.56. The minimum Gasteiger partial charge on any atom is -0.468 e. The zero-order valence-electron chi connectivity index (χ0n) is 10.5. The number of morpholine rings is 1. The Labute approximate surface area is 101 Å². The van der Waals surface area contributed by atoms with Gasteiger partial charge in [0.1, 0.15) is 12.1 Å². The standard InChI is InChI=1S/C11H19NO5/c1-4-17-10(13)8(2)12-5-6-16-7-9(12)11(14)15-3/h8-9H,4-7H2,1-3H3. The zero-order valence-corrected chi connectivity index (χ0v) is 10.5. The third-order valence-corrected chi connectivity index (χ3v) is 2.77. The maximum atomic E-state index is 11.6. The molecule has 1 aliphatic heterocycles. The van der Waals surface area contributed by atoms with Crippen molar-refractivity contribution in [2.75, 3.05) is 33.5 Å². The molecule has 0 amide bonds. The molecule has 98 valence electrons. The Hall–Kier alpha value is -1.14. The highest BCUT2D eigenvalue weighted by Crippen LogP contribution is 2.13. The van der Waals surface area contributed by atoms with Gasteiger partial charge in [0.05, 0.1) is 26.9 Å². The average molecular weight is 245 g/mol. The first-order valence-corrected chi connectivity index (χ1v) is 5.69. The molecule has 2 atom stereocenters. The van der Waals surface area contributed by atoms with Crippen molar-refractivity contribution in [2.24, 2.45) is 0 Å². The second-order valence-electron chi connectivity index (χ2n) is 3.78. The lowest BCUT2D eigenvalue weighted by atomic mass is 10.1. The number of ether oxygens (including phenoxy) is 3. The second kappa shape index (κ2) is 6.56. The fourth-order valence-electron chi connectivity index (χ4n) is 1.82. The highest BCUT2D eigenvalue weighted by Gasteiger charge is 2.36. The molecular weight excluding hydrogens is 226 g/mol. The SMILES string of the molecule is CCOC(=O)C(C)N1CCOCC1C(=O)OC. The number of carbonyl (C=O) groups is 2. The molecule has 0 aromatic rings. The van der Waals surface area contributed by atoms with Crippen LogP contribution in [0, 0.1) is 0 Å². The van der Waals surface area contributed by atoms with Crippen LogP contribution < -0.4 is 0 Å². The molecule has 0 N–H and O–H groups in total. The predicted octanol–water partition coefficient (Wildman–Crippen LogP) is -0.188. The van der Waals surface area contributed by atoms with Crippen LogP contribution in [0.25, 0.3) is 0 Å². The van der Waals surface area contributed by atoms with Crippen molar-refractivity contribution in [2.45, 2.75) is 25.9 Å². The van der Waals surface area contributed by atoms with Crippen molar-refractivity contribution in [1.29, 1.82) is 0 Å². The average Bonchev–Trinajstić information content (AvgIpc) is 2.37. The van der Waals surface area contributed by atoms with E-state index in [0.717, 1.165) is 0 Å². The van der Waals surface area contributed by atoms with Gasteiger partial charge in [0, 0.05) is 6.54 Å². The number of esters is 2. The molecule has 6 nitrogen and oxygen atoms in total. The topological polar surface area (TPSA) is 65.1 Å². The molecule has 1 heterocycles. The lowest BCUT2D eigenvalue weighted by molar-refractivity contribution is -0.162. The van der Waals surface area contributed by atoms with Crippen LogP contribution in [0.15, 0.2) is 0 Å². The van der Waals surface area contributed by atoms with E-state index in [0.29, 0.717) is 19.8 Å². The Morgan fingerprint density at radius 1 is 1.53 bits per heavy atom. The first kappa shape index (κ1) is 13.9. The molecule has 0 aromatic carbocycles. The third-order valence-electron chi connectivity index (χ3n) is 2.77. The van der Waals surface area contributed by atoms with Gasteiger partial charge in [-0.1, -0.05) is 0 Å². The van der Waals surface area contributed by atoms with Gasteiger partial charge < -0.3 is 14.2 Å². The summed E-state index contributed by atoms with van der Waals surface area (Å²) in [7, 11) is 1.32. The Kier molecular flexibility index (Phi) is 5.37. The molecule has 1 rings (SSSR count). The van der Waals surface area contributed by atoms with Crippen LogP contribution in [0.1, 0.15) is 13.8 Å². The minimum atomic E-state index is -0.534. The maximum absolute atomic E-state index is 11.6. The van der Waals surface area contributed by atoms with Crippen LogP contribution in [0.4, 0.5) is 0 Å². The van der Waals surface area contributed by atoms with Crippen LogP contribution in [0.5, 0.6) is 0 Å². The summed E-state index contributed by atoms with van der Waals surface area (Å²) in [5.74, 6) is -0.718. The molecular formula is C11H19NO5. The molecule has 0 aliphatic carbocycles. The number of hydrogen-bond acceptors (Lipinski definition) is 6. The van der Waals surface area contributed by atoms with Gasteiger partial charge in [-0.15, -0.1) is 0 Å². The fourth-order valence-corrected chi connectivity index (χ4v) is 1.82. The minimum absolute atomic E-state index is 0.246. The van der Waals surface area contributed by atoms with E-state index in [2.05, 4.69) is 0 Å².